The van der Waals surface area contributed by atoms with Gasteiger partial charge in [0.25, 0.3) is 0 Å². The van der Waals surface area contributed by atoms with Crippen molar-refractivity contribution in [2.75, 3.05) is 5.32 Å². The Morgan fingerprint density at radius 2 is 1.72 bits per heavy atom. The molecule has 5 heteroatoms. The molecule has 1 nitrogen and oxygen atoms in total. The van der Waals surface area contributed by atoms with Gasteiger partial charge in [-0.15, -0.1) is 0 Å². The van der Waals surface area contributed by atoms with Crippen LogP contribution in [0.1, 0.15) is 5.56 Å². The Morgan fingerprint density at radius 3 is 2.44 bits per heavy atom. The van der Waals surface area contributed by atoms with Gasteiger partial charge in [-0.2, -0.15) is 0 Å². The van der Waals surface area contributed by atoms with E-state index in [0.717, 1.165) is 14.8 Å². The lowest BCUT2D eigenvalue weighted by molar-refractivity contribution is 1.15. The molecule has 0 aromatic heterocycles. The maximum Gasteiger partial charge on any atom is 0.0638 e. The minimum absolute atomic E-state index is 0.607. The highest BCUT2D eigenvalue weighted by Crippen LogP contribution is 2.26. The molecular weight excluding hydrogens is 403 g/mol. The molecule has 0 unspecified atom stereocenters. The standard InChI is InChI=1S/C13H9Cl3IN/c14-9-2-1-8(12(16)5-9)7-18-13-6-10(17)3-4-11(13)15/h1-6,18H,7H2. The number of benzene rings is 2. The molecule has 0 saturated heterocycles. The first-order valence-electron chi connectivity index (χ1n) is 5.19. The summed E-state index contributed by atoms with van der Waals surface area (Å²) < 4.78 is 1.13. The van der Waals surface area contributed by atoms with E-state index in [1.54, 1.807) is 6.07 Å². The van der Waals surface area contributed by atoms with E-state index < -0.39 is 0 Å². The van der Waals surface area contributed by atoms with Crippen LogP contribution in [0.2, 0.25) is 15.1 Å². The summed E-state index contributed by atoms with van der Waals surface area (Å²) in [5.41, 5.74) is 1.88. The average Bonchev–Trinajstić information content (AvgIpc) is 2.32. The predicted molar refractivity (Wildman–Crippen MR) is 88.0 cm³/mol. The monoisotopic (exact) mass is 411 g/mol. The molecule has 94 valence electrons. The quantitative estimate of drug-likeness (QED) is 0.623. The number of rotatable bonds is 3. The van der Waals surface area contributed by atoms with Crippen LogP contribution in [-0.2, 0) is 6.54 Å². The summed E-state index contributed by atoms with van der Waals surface area (Å²) in [5.74, 6) is 0. The van der Waals surface area contributed by atoms with Crippen LogP contribution in [0.5, 0.6) is 0 Å². The Bertz CT molecular complexity index is 572. The van der Waals surface area contributed by atoms with E-state index >= 15 is 0 Å². The first-order valence-corrected chi connectivity index (χ1v) is 7.40. The van der Waals surface area contributed by atoms with Gasteiger partial charge in [0.05, 0.1) is 10.7 Å². The molecule has 0 aliphatic heterocycles. The molecule has 0 heterocycles. The van der Waals surface area contributed by atoms with Crippen LogP contribution in [-0.4, -0.2) is 0 Å². The molecule has 2 aromatic carbocycles. The predicted octanol–water partition coefficient (Wildman–Crippen LogP) is 5.86. The maximum atomic E-state index is 6.11. The Balaban J connectivity index is 2.13. The summed E-state index contributed by atoms with van der Waals surface area (Å²) in [6, 6.07) is 11.3. The van der Waals surface area contributed by atoms with Crippen LogP contribution >= 0.6 is 57.4 Å². The second-order valence-electron chi connectivity index (χ2n) is 3.71. The fourth-order valence-electron chi connectivity index (χ4n) is 1.49. The first-order chi connectivity index (χ1) is 8.56. The summed E-state index contributed by atoms with van der Waals surface area (Å²) in [7, 11) is 0. The molecular formula is C13H9Cl3IN. The van der Waals surface area contributed by atoms with Crippen molar-refractivity contribution >= 4 is 63.1 Å². The number of hydrogen-bond acceptors (Lipinski definition) is 1. The summed E-state index contributed by atoms with van der Waals surface area (Å²) >= 11 is 20.3. The highest BCUT2D eigenvalue weighted by molar-refractivity contribution is 14.1. The van der Waals surface area contributed by atoms with Crippen LogP contribution in [0.15, 0.2) is 36.4 Å². The van der Waals surface area contributed by atoms with Gasteiger partial charge in [-0.25, -0.2) is 0 Å². The van der Waals surface area contributed by atoms with Gasteiger partial charge in [0.1, 0.15) is 0 Å². The molecule has 0 atom stereocenters. The smallest absolute Gasteiger partial charge is 0.0638 e. The van der Waals surface area contributed by atoms with Crippen molar-refractivity contribution in [3.05, 3.63) is 60.6 Å². The van der Waals surface area contributed by atoms with Crippen molar-refractivity contribution < 1.29 is 0 Å². The van der Waals surface area contributed by atoms with Crippen molar-refractivity contribution in [2.24, 2.45) is 0 Å². The topological polar surface area (TPSA) is 12.0 Å². The maximum absolute atomic E-state index is 6.11. The lowest BCUT2D eigenvalue weighted by atomic mass is 10.2. The molecule has 2 aromatic rings. The van der Waals surface area contributed by atoms with Gasteiger partial charge < -0.3 is 5.32 Å². The minimum atomic E-state index is 0.607. The zero-order valence-electron chi connectivity index (χ0n) is 9.18. The second kappa shape index (κ2) is 6.33. The summed E-state index contributed by atoms with van der Waals surface area (Å²) in [5, 5.41) is 5.25. The van der Waals surface area contributed by atoms with Crippen LogP contribution in [0.4, 0.5) is 5.69 Å². The molecule has 0 aliphatic carbocycles. The van der Waals surface area contributed by atoms with Crippen molar-refractivity contribution in [1.82, 2.24) is 0 Å². The highest BCUT2D eigenvalue weighted by Gasteiger charge is 2.04. The summed E-state index contributed by atoms with van der Waals surface area (Å²) in [4.78, 5) is 0. The van der Waals surface area contributed by atoms with E-state index in [1.165, 1.54) is 0 Å². The van der Waals surface area contributed by atoms with Crippen LogP contribution in [0.3, 0.4) is 0 Å². The Kier molecular flexibility index (Phi) is 5.01. The number of halogens is 4. The summed E-state index contributed by atoms with van der Waals surface area (Å²) in [6.07, 6.45) is 0. The first kappa shape index (κ1) is 14.3. The molecule has 18 heavy (non-hydrogen) atoms. The molecule has 0 amide bonds. The van der Waals surface area contributed by atoms with Gasteiger partial charge in [0.2, 0.25) is 0 Å². The normalized spacial score (nSPS) is 10.4. The minimum Gasteiger partial charge on any atom is -0.380 e. The van der Waals surface area contributed by atoms with Crippen molar-refractivity contribution in [1.29, 1.82) is 0 Å². The van der Waals surface area contributed by atoms with E-state index in [4.69, 9.17) is 34.8 Å². The Hall–Kier alpha value is -0.160. The van der Waals surface area contributed by atoms with Crippen molar-refractivity contribution in [3.63, 3.8) is 0 Å². The molecule has 2 rings (SSSR count). The SMILES string of the molecule is Clc1ccc(CNc2cc(I)ccc2Cl)c(Cl)c1. The van der Waals surface area contributed by atoms with Gasteiger partial charge in [0.15, 0.2) is 0 Å². The van der Waals surface area contributed by atoms with Crippen LogP contribution in [0, 0.1) is 3.57 Å². The van der Waals surface area contributed by atoms with Crippen molar-refractivity contribution in [3.8, 4) is 0 Å². The fraction of sp³-hybridized carbons (Fsp3) is 0.0769. The van der Waals surface area contributed by atoms with Gasteiger partial charge in [0, 0.05) is 20.2 Å². The largest absolute Gasteiger partial charge is 0.380 e. The fourth-order valence-corrected chi connectivity index (χ4v) is 2.64. The third-order valence-electron chi connectivity index (χ3n) is 2.41. The second-order valence-corrected chi connectivity index (χ2v) is 6.21. The average molecular weight is 412 g/mol. The molecule has 0 aliphatic rings. The molecule has 0 spiro atoms. The lowest BCUT2D eigenvalue weighted by Gasteiger charge is -2.10. The Labute approximate surface area is 135 Å². The summed E-state index contributed by atoms with van der Waals surface area (Å²) in [6.45, 7) is 0.607. The third-order valence-corrected chi connectivity index (χ3v) is 4.00. The van der Waals surface area contributed by atoms with E-state index in [-0.39, 0.29) is 0 Å². The molecule has 1 N–H and O–H groups in total. The number of nitrogens with one attached hydrogen (secondary N) is 1. The van der Waals surface area contributed by atoms with Gasteiger partial charge in [-0.1, -0.05) is 40.9 Å². The van der Waals surface area contributed by atoms with Crippen LogP contribution in [0.25, 0.3) is 0 Å². The molecule has 0 saturated carbocycles. The van der Waals surface area contributed by atoms with Crippen molar-refractivity contribution in [2.45, 2.75) is 6.54 Å². The number of anilines is 1. The van der Waals surface area contributed by atoms with Crippen LogP contribution < -0.4 is 5.32 Å². The highest BCUT2D eigenvalue weighted by atomic mass is 127. The van der Waals surface area contributed by atoms with Gasteiger partial charge in [-0.3, -0.25) is 0 Å². The zero-order chi connectivity index (χ0) is 13.1. The molecule has 0 fully saturated rings. The van der Waals surface area contributed by atoms with E-state index in [2.05, 4.69) is 27.9 Å². The van der Waals surface area contributed by atoms with E-state index in [9.17, 15) is 0 Å². The van der Waals surface area contributed by atoms with E-state index in [0.29, 0.717) is 21.6 Å². The third kappa shape index (κ3) is 3.67. The van der Waals surface area contributed by atoms with E-state index in [1.807, 2.05) is 30.3 Å². The molecule has 0 radical (unpaired) electrons. The zero-order valence-corrected chi connectivity index (χ0v) is 13.6. The molecule has 0 bridgehead atoms. The number of hydrogen-bond donors (Lipinski definition) is 1. The van der Waals surface area contributed by atoms with Gasteiger partial charge in [-0.05, 0) is 58.5 Å². The lowest BCUT2D eigenvalue weighted by Crippen LogP contribution is -2.00. The Morgan fingerprint density at radius 1 is 0.944 bits per heavy atom. The van der Waals surface area contributed by atoms with Gasteiger partial charge >= 0.3 is 0 Å².